The van der Waals surface area contributed by atoms with Gasteiger partial charge in [-0.1, -0.05) is 5.11 Å². The van der Waals surface area contributed by atoms with Crippen LogP contribution in [0.15, 0.2) is 5.11 Å². The highest BCUT2D eigenvalue weighted by Gasteiger charge is 2.54. The maximum Gasteiger partial charge on any atom is 0.139 e. The van der Waals surface area contributed by atoms with E-state index < -0.39 is 0 Å². The van der Waals surface area contributed by atoms with E-state index in [1.807, 2.05) is 0 Å². The van der Waals surface area contributed by atoms with Crippen LogP contribution in [-0.4, -0.2) is 11.3 Å². The lowest BCUT2D eigenvalue weighted by molar-refractivity contribution is -0.141. The van der Waals surface area contributed by atoms with Gasteiger partial charge in [0, 0.05) is 16.7 Å². The second kappa shape index (κ2) is 2.51. The second-order valence-electron chi connectivity index (χ2n) is 5.16. The average Bonchev–Trinajstić information content (AvgIpc) is 2.12. The van der Waals surface area contributed by atoms with Gasteiger partial charge in [0.25, 0.3) is 0 Å². The third-order valence-corrected chi connectivity index (χ3v) is 4.22. The Morgan fingerprint density at radius 2 is 1.93 bits per heavy atom. The first-order valence-electron chi connectivity index (χ1n) is 5.32. The molecule has 4 atom stereocenters. The van der Waals surface area contributed by atoms with Gasteiger partial charge in [-0.15, -0.1) is 0 Å². The summed E-state index contributed by atoms with van der Waals surface area (Å²) in [4.78, 5) is 14.7. The number of carbonyl (C=O) groups is 1. The first-order chi connectivity index (χ1) is 6.72. The third kappa shape index (κ3) is 0.947. The van der Waals surface area contributed by atoms with Crippen LogP contribution in [0.2, 0.25) is 0 Å². The normalized spacial score (nSPS) is 49.1. The van der Waals surface area contributed by atoms with E-state index in [0.717, 1.165) is 32.1 Å². The molecule has 0 aromatic rings. The SMILES string of the molecule is [N-]=[N+]=NC12CC3C[C@H](C1)C(=O)[C@@H](C3)C2. The molecule has 0 saturated heterocycles. The van der Waals surface area contributed by atoms with Crippen LogP contribution in [0.5, 0.6) is 0 Å². The zero-order valence-corrected chi connectivity index (χ0v) is 8.02. The summed E-state index contributed by atoms with van der Waals surface area (Å²) in [5.74, 6) is 1.53. The zero-order chi connectivity index (χ0) is 9.76. The van der Waals surface area contributed by atoms with Gasteiger partial charge in [-0.05, 0) is 43.6 Å². The molecule has 4 aliphatic carbocycles. The van der Waals surface area contributed by atoms with Crippen molar-refractivity contribution in [1.82, 2.24) is 0 Å². The molecule has 4 fully saturated rings. The number of azide groups is 1. The molecule has 2 unspecified atom stereocenters. The number of Topliss-reactive ketones (excluding diaryl/α,β-unsaturated/α-hetero) is 1. The van der Waals surface area contributed by atoms with Crippen molar-refractivity contribution >= 4 is 5.78 Å². The van der Waals surface area contributed by atoms with Crippen molar-refractivity contribution in [2.45, 2.75) is 37.6 Å². The minimum atomic E-state index is -0.181. The van der Waals surface area contributed by atoms with Crippen LogP contribution < -0.4 is 0 Å². The van der Waals surface area contributed by atoms with Gasteiger partial charge in [-0.25, -0.2) is 0 Å². The maximum atomic E-state index is 11.8. The van der Waals surface area contributed by atoms with Crippen molar-refractivity contribution < 1.29 is 4.79 Å². The molecule has 0 heterocycles. The Hall–Kier alpha value is -1.02. The van der Waals surface area contributed by atoms with Crippen molar-refractivity contribution in [3.8, 4) is 0 Å². The standard InChI is InChI=1S/C10H13N3O/c11-13-12-10-3-6-1-7(4-10)9(14)8(2-6)5-10/h6-8H,1-5H2/t6?,7-,8+,10?. The molecule has 4 nitrogen and oxygen atoms in total. The first-order valence-corrected chi connectivity index (χ1v) is 5.32. The maximum absolute atomic E-state index is 11.8. The average molecular weight is 191 g/mol. The monoisotopic (exact) mass is 191 g/mol. The molecule has 4 rings (SSSR count). The molecule has 0 spiro atoms. The predicted octanol–water partition coefficient (Wildman–Crippen LogP) is 2.44. The highest BCUT2D eigenvalue weighted by molar-refractivity contribution is 5.86. The van der Waals surface area contributed by atoms with Gasteiger partial charge in [-0.2, -0.15) is 0 Å². The van der Waals surface area contributed by atoms with Gasteiger partial charge < -0.3 is 0 Å². The fourth-order valence-corrected chi connectivity index (χ4v) is 3.92. The van der Waals surface area contributed by atoms with Crippen LogP contribution in [-0.2, 0) is 4.79 Å². The second-order valence-corrected chi connectivity index (χ2v) is 5.16. The Kier molecular flexibility index (Phi) is 1.49. The molecule has 0 aromatic carbocycles. The first kappa shape index (κ1) is 8.30. The molecular formula is C10H13N3O. The third-order valence-electron chi connectivity index (χ3n) is 4.22. The lowest BCUT2D eigenvalue weighted by atomic mass is 9.52. The van der Waals surface area contributed by atoms with Crippen LogP contribution in [0.4, 0.5) is 0 Å². The lowest BCUT2D eigenvalue weighted by Gasteiger charge is -2.53. The summed E-state index contributed by atoms with van der Waals surface area (Å²) in [5.41, 5.74) is 8.38. The van der Waals surface area contributed by atoms with E-state index in [-0.39, 0.29) is 17.4 Å². The quantitative estimate of drug-likeness (QED) is 0.356. The molecule has 4 bridgehead atoms. The van der Waals surface area contributed by atoms with Crippen molar-refractivity contribution in [2.24, 2.45) is 22.9 Å². The van der Waals surface area contributed by atoms with E-state index in [2.05, 4.69) is 10.0 Å². The molecular weight excluding hydrogens is 178 g/mol. The summed E-state index contributed by atoms with van der Waals surface area (Å²) >= 11 is 0. The molecule has 0 aliphatic heterocycles. The predicted molar refractivity (Wildman–Crippen MR) is 50.4 cm³/mol. The summed E-state index contributed by atoms with van der Waals surface area (Å²) in [5, 5.41) is 3.98. The molecule has 0 amide bonds. The fraction of sp³-hybridized carbons (Fsp3) is 0.900. The van der Waals surface area contributed by atoms with Gasteiger partial charge in [0.05, 0.1) is 5.54 Å². The molecule has 0 aromatic heterocycles. The lowest BCUT2D eigenvalue weighted by Crippen LogP contribution is -2.53. The van der Waals surface area contributed by atoms with Crippen LogP contribution >= 0.6 is 0 Å². The smallest absolute Gasteiger partial charge is 0.139 e. The molecule has 4 saturated carbocycles. The van der Waals surface area contributed by atoms with Crippen LogP contribution in [0.25, 0.3) is 10.4 Å². The summed E-state index contributed by atoms with van der Waals surface area (Å²) in [7, 11) is 0. The fourth-order valence-electron chi connectivity index (χ4n) is 3.92. The van der Waals surface area contributed by atoms with Gasteiger partial charge in [0.2, 0.25) is 0 Å². The highest BCUT2D eigenvalue weighted by atomic mass is 16.1. The molecule has 4 heteroatoms. The number of nitrogens with zero attached hydrogens (tertiary/aromatic N) is 3. The Bertz CT molecular complexity index is 327. The number of hydrogen-bond acceptors (Lipinski definition) is 2. The van der Waals surface area contributed by atoms with Crippen molar-refractivity contribution in [2.75, 3.05) is 0 Å². The van der Waals surface area contributed by atoms with E-state index in [0.29, 0.717) is 11.7 Å². The Labute approximate surface area is 82.3 Å². The van der Waals surface area contributed by atoms with Crippen molar-refractivity contribution in [1.29, 1.82) is 0 Å². The van der Waals surface area contributed by atoms with Crippen LogP contribution in [0, 0.1) is 17.8 Å². The number of carbonyl (C=O) groups excluding carboxylic acids is 1. The van der Waals surface area contributed by atoms with E-state index in [1.54, 1.807) is 0 Å². The minimum absolute atomic E-state index is 0.181. The minimum Gasteiger partial charge on any atom is -0.299 e. The molecule has 4 aliphatic rings. The summed E-state index contributed by atoms with van der Waals surface area (Å²) in [6.07, 6.45) is 4.78. The van der Waals surface area contributed by atoms with Crippen LogP contribution in [0.3, 0.4) is 0 Å². The van der Waals surface area contributed by atoms with Gasteiger partial charge in [0.15, 0.2) is 0 Å². The van der Waals surface area contributed by atoms with E-state index in [9.17, 15) is 4.79 Å². The Morgan fingerprint density at radius 3 is 2.50 bits per heavy atom. The van der Waals surface area contributed by atoms with E-state index >= 15 is 0 Å². The van der Waals surface area contributed by atoms with Gasteiger partial charge in [0.1, 0.15) is 5.78 Å². The van der Waals surface area contributed by atoms with Crippen molar-refractivity contribution in [3.05, 3.63) is 10.4 Å². The Balaban J connectivity index is 1.99. The number of hydrogen-bond donors (Lipinski definition) is 0. The van der Waals surface area contributed by atoms with E-state index in [4.69, 9.17) is 5.53 Å². The number of ketones is 1. The van der Waals surface area contributed by atoms with Crippen LogP contribution in [0.1, 0.15) is 32.1 Å². The van der Waals surface area contributed by atoms with Crippen molar-refractivity contribution in [3.63, 3.8) is 0 Å². The van der Waals surface area contributed by atoms with E-state index in [1.165, 1.54) is 0 Å². The Morgan fingerprint density at radius 1 is 1.29 bits per heavy atom. The largest absolute Gasteiger partial charge is 0.299 e. The topological polar surface area (TPSA) is 65.8 Å². The van der Waals surface area contributed by atoms with Gasteiger partial charge >= 0.3 is 0 Å². The molecule has 74 valence electrons. The summed E-state index contributed by atoms with van der Waals surface area (Å²) in [6.45, 7) is 0. The zero-order valence-electron chi connectivity index (χ0n) is 8.02. The summed E-state index contributed by atoms with van der Waals surface area (Å²) in [6, 6.07) is 0. The highest BCUT2D eigenvalue weighted by Crippen LogP contribution is 2.55. The number of rotatable bonds is 1. The summed E-state index contributed by atoms with van der Waals surface area (Å²) < 4.78 is 0. The molecule has 14 heavy (non-hydrogen) atoms. The molecule has 0 N–H and O–H groups in total. The molecule has 0 radical (unpaired) electrons. The van der Waals surface area contributed by atoms with Gasteiger partial charge in [-0.3, -0.25) is 4.79 Å².